The van der Waals surface area contributed by atoms with Crippen molar-refractivity contribution in [2.24, 2.45) is 0 Å². The van der Waals surface area contributed by atoms with Crippen molar-refractivity contribution in [2.45, 2.75) is 0 Å². The number of amides is 1. The van der Waals surface area contributed by atoms with Crippen LogP contribution in [0.1, 0.15) is 0 Å². The molecule has 1 rings (SSSR count). The summed E-state index contributed by atoms with van der Waals surface area (Å²) >= 11 is 0.518. The Labute approximate surface area is 59.8 Å². The third-order valence-corrected chi connectivity index (χ3v) is 1.34. The van der Waals surface area contributed by atoms with Crippen LogP contribution >= 0.6 is 11.9 Å². The van der Waals surface area contributed by atoms with Gasteiger partial charge in [-0.2, -0.15) is 10.4 Å². The van der Waals surface area contributed by atoms with E-state index in [1.165, 1.54) is 0 Å². The lowest BCUT2D eigenvalue weighted by molar-refractivity contribution is -0.142. The number of hydrogen-bond donors (Lipinski definition) is 3. The lowest BCUT2D eigenvalue weighted by Gasteiger charge is -1.95. The predicted molar refractivity (Wildman–Crippen MR) is 32.0 cm³/mol. The predicted octanol–water partition coefficient (Wildman–Crippen LogP) is -2.13. The van der Waals surface area contributed by atoms with E-state index in [4.69, 9.17) is 0 Å². The highest BCUT2D eigenvalue weighted by atomic mass is 32.2. The number of hydrogen-bond acceptors (Lipinski definition) is 6. The minimum atomic E-state index is -1.07. The van der Waals surface area contributed by atoms with Crippen LogP contribution in [0.3, 0.4) is 0 Å². The van der Waals surface area contributed by atoms with Gasteiger partial charge in [-0.05, 0) is 0 Å². The Bertz CT molecular complexity index is 183. The van der Waals surface area contributed by atoms with Crippen molar-refractivity contribution in [3.8, 4) is 0 Å². The second-order valence-corrected chi connectivity index (χ2v) is 2.18. The van der Waals surface area contributed by atoms with Crippen molar-refractivity contribution < 1.29 is 14.4 Å². The fourth-order valence-electron chi connectivity index (χ4n) is 0.350. The van der Waals surface area contributed by atoms with Crippen molar-refractivity contribution in [1.82, 2.24) is 15.8 Å². The van der Waals surface area contributed by atoms with Gasteiger partial charge < -0.3 is 0 Å². The molecule has 0 atom stereocenters. The Balaban J connectivity index is 2.74. The molecular weight excluding hydrogens is 158 g/mol. The van der Waals surface area contributed by atoms with Crippen LogP contribution in [0, 0.1) is 0 Å². The third-order valence-electron chi connectivity index (χ3n) is 0.762. The SMILES string of the molecule is O=C1NNNSC(=O)C1=O. The Morgan fingerprint density at radius 1 is 1.20 bits per heavy atom. The summed E-state index contributed by atoms with van der Waals surface area (Å²) in [6.45, 7) is 0. The summed E-state index contributed by atoms with van der Waals surface area (Å²) in [4.78, 5) is 33.6. The van der Waals surface area contributed by atoms with E-state index in [-0.39, 0.29) is 0 Å². The highest BCUT2D eigenvalue weighted by Crippen LogP contribution is 1.96. The molecule has 0 unspecified atom stereocenters. The van der Waals surface area contributed by atoms with Crippen LogP contribution in [-0.2, 0) is 14.4 Å². The molecule has 1 aliphatic heterocycles. The molecule has 0 saturated carbocycles. The van der Waals surface area contributed by atoms with Gasteiger partial charge in [0.15, 0.2) is 0 Å². The summed E-state index contributed by atoms with van der Waals surface area (Å²) in [6, 6.07) is 0. The first-order valence-electron chi connectivity index (χ1n) is 2.27. The van der Waals surface area contributed by atoms with Crippen LogP contribution in [-0.4, -0.2) is 16.8 Å². The molecule has 0 aromatic rings. The second kappa shape index (κ2) is 2.78. The Kier molecular flexibility index (Phi) is 2.00. The molecule has 1 amide bonds. The van der Waals surface area contributed by atoms with Gasteiger partial charge in [0.1, 0.15) is 0 Å². The van der Waals surface area contributed by atoms with Crippen molar-refractivity contribution in [3.05, 3.63) is 0 Å². The van der Waals surface area contributed by atoms with Gasteiger partial charge in [-0.15, -0.1) is 0 Å². The minimum absolute atomic E-state index is 0.518. The molecule has 6 nitrogen and oxygen atoms in total. The number of rotatable bonds is 0. The zero-order valence-electron chi connectivity index (χ0n) is 4.63. The molecule has 1 saturated heterocycles. The first kappa shape index (κ1) is 7.19. The molecule has 54 valence electrons. The molecule has 1 heterocycles. The molecule has 0 aromatic carbocycles. The van der Waals surface area contributed by atoms with Crippen molar-refractivity contribution >= 4 is 28.8 Å². The summed E-state index contributed by atoms with van der Waals surface area (Å²) in [5.74, 6) is -2.02. The van der Waals surface area contributed by atoms with Crippen LogP contribution in [0.4, 0.5) is 0 Å². The largest absolute Gasteiger partial charge is 0.311 e. The molecule has 10 heavy (non-hydrogen) atoms. The fraction of sp³-hybridized carbons (Fsp3) is 0. The summed E-state index contributed by atoms with van der Waals surface area (Å²) in [5.41, 5.74) is 4.06. The van der Waals surface area contributed by atoms with Crippen LogP contribution in [0.5, 0.6) is 0 Å². The number of carbonyl (C=O) groups excluding carboxylic acids is 3. The highest BCUT2D eigenvalue weighted by Gasteiger charge is 2.25. The quantitative estimate of drug-likeness (QED) is 0.278. The van der Waals surface area contributed by atoms with Crippen LogP contribution in [0.2, 0.25) is 0 Å². The first-order chi connectivity index (χ1) is 4.72. The van der Waals surface area contributed by atoms with Crippen LogP contribution in [0.15, 0.2) is 0 Å². The molecule has 1 fully saturated rings. The Morgan fingerprint density at radius 3 is 2.60 bits per heavy atom. The van der Waals surface area contributed by atoms with Gasteiger partial charge in [-0.1, -0.05) is 0 Å². The fourth-order valence-corrected chi connectivity index (χ4v) is 0.730. The molecule has 7 heteroatoms. The molecule has 0 aliphatic carbocycles. The monoisotopic (exact) mass is 161 g/mol. The van der Waals surface area contributed by atoms with Crippen molar-refractivity contribution in [3.63, 3.8) is 0 Å². The third kappa shape index (κ3) is 1.32. The normalized spacial score (nSPS) is 20.2. The average molecular weight is 161 g/mol. The molecule has 0 bridgehead atoms. The maximum atomic E-state index is 10.5. The van der Waals surface area contributed by atoms with Crippen LogP contribution < -0.4 is 15.8 Å². The second-order valence-electron chi connectivity index (χ2n) is 1.40. The summed E-state index contributed by atoms with van der Waals surface area (Å²) in [6.07, 6.45) is 0. The molecule has 0 aromatic heterocycles. The van der Waals surface area contributed by atoms with E-state index >= 15 is 0 Å². The van der Waals surface area contributed by atoms with Gasteiger partial charge >= 0.3 is 5.91 Å². The zero-order chi connectivity index (χ0) is 7.56. The van der Waals surface area contributed by atoms with E-state index in [1.54, 1.807) is 0 Å². The summed E-state index contributed by atoms with van der Waals surface area (Å²) < 4.78 is 0. The van der Waals surface area contributed by atoms with Gasteiger partial charge in [-0.3, -0.25) is 19.8 Å². The minimum Gasteiger partial charge on any atom is -0.279 e. The standard InChI is InChI=1S/C3H3N3O3S/c7-1-2(8)4-5-6-10-3(1)9/h5-6H,(H,4,8). The number of hydrazine groups is 2. The summed E-state index contributed by atoms with van der Waals surface area (Å²) in [7, 11) is 0. The van der Waals surface area contributed by atoms with Gasteiger partial charge in [0.25, 0.3) is 10.9 Å². The van der Waals surface area contributed by atoms with E-state index in [0.29, 0.717) is 11.9 Å². The van der Waals surface area contributed by atoms with E-state index < -0.39 is 16.8 Å². The topological polar surface area (TPSA) is 87.3 Å². The van der Waals surface area contributed by atoms with Gasteiger partial charge in [0, 0.05) is 11.9 Å². The number of carbonyl (C=O) groups is 3. The molecular formula is C3H3N3O3S. The molecule has 0 radical (unpaired) electrons. The summed E-state index contributed by atoms with van der Waals surface area (Å²) in [5, 5.41) is -0.831. The van der Waals surface area contributed by atoms with E-state index in [1.807, 2.05) is 5.43 Å². The number of ketones is 1. The first-order valence-corrected chi connectivity index (χ1v) is 3.09. The van der Waals surface area contributed by atoms with Gasteiger partial charge in [0.05, 0.1) is 0 Å². The Morgan fingerprint density at radius 2 is 1.90 bits per heavy atom. The van der Waals surface area contributed by atoms with Gasteiger partial charge in [-0.25, -0.2) is 0 Å². The van der Waals surface area contributed by atoms with E-state index in [2.05, 4.69) is 10.4 Å². The van der Waals surface area contributed by atoms with Crippen molar-refractivity contribution in [2.75, 3.05) is 0 Å². The van der Waals surface area contributed by atoms with Crippen LogP contribution in [0.25, 0.3) is 0 Å². The highest BCUT2D eigenvalue weighted by molar-refractivity contribution is 8.14. The maximum Gasteiger partial charge on any atom is 0.311 e. The molecule has 0 spiro atoms. The van der Waals surface area contributed by atoms with Gasteiger partial charge in [0.2, 0.25) is 0 Å². The zero-order valence-corrected chi connectivity index (χ0v) is 5.45. The van der Waals surface area contributed by atoms with Crippen molar-refractivity contribution in [1.29, 1.82) is 0 Å². The smallest absolute Gasteiger partial charge is 0.279 e. The maximum absolute atomic E-state index is 10.5. The molecule has 1 aliphatic rings. The number of nitrogens with one attached hydrogen (secondary N) is 3. The lowest BCUT2D eigenvalue weighted by atomic mass is 10.4. The Hall–Kier alpha value is -0.920. The number of Topliss-reactive ketones (excluding diaryl/α,β-unsaturated/α-hetero) is 1. The van der Waals surface area contributed by atoms with E-state index in [0.717, 1.165) is 0 Å². The van der Waals surface area contributed by atoms with E-state index in [9.17, 15) is 14.4 Å². The molecule has 3 N–H and O–H groups in total. The lowest BCUT2D eigenvalue weighted by Crippen LogP contribution is -2.43. The average Bonchev–Trinajstić information content (AvgIpc) is 2.04.